The summed E-state index contributed by atoms with van der Waals surface area (Å²) in [6, 6.07) is 0. The van der Waals surface area contributed by atoms with Crippen LogP contribution in [0.2, 0.25) is 0 Å². The van der Waals surface area contributed by atoms with Gasteiger partial charge in [-0.1, -0.05) is 38.8 Å². The second kappa shape index (κ2) is 4.17. The summed E-state index contributed by atoms with van der Waals surface area (Å²) in [6.07, 6.45) is 3.71. The van der Waals surface area contributed by atoms with Crippen LogP contribution in [-0.2, 0) is 5.41 Å². The first-order valence-electron chi connectivity index (χ1n) is 6.00. The van der Waals surface area contributed by atoms with Crippen molar-refractivity contribution in [2.45, 2.75) is 63.9 Å². The van der Waals surface area contributed by atoms with E-state index in [0.29, 0.717) is 5.89 Å². The van der Waals surface area contributed by atoms with Crippen LogP contribution < -0.4 is 0 Å². The fourth-order valence-corrected chi connectivity index (χ4v) is 2.09. The first kappa shape index (κ1) is 11.6. The lowest BCUT2D eigenvalue weighted by molar-refractivity contribution is 0.0908. The quantitative estimate of drug-likeness (QED) is 0.795. The summed E-state index contributed by atoms with van der Waals surface area (Å²) >= 11 is 0. The van der Waals surface area contributed by atoms with E-state index in [-0.39, 0.29) is 17.4 Å². The maximum atomic E-state index is 9.91. The average molecular weight is 224 g/mol. The molecule has 2 unspecified atom stereocenters. The third-order valence-corrected chi connectivity index (χ3v) is 3.16. The Morgan fingerprint density at radius 3 is 2.50 bits per heavy atom. The minimum atomic E-state index is -0.318. The van der Waals surface area contributed by atoms with Crippen LogP contribution in [-0.4, -0.2) is 21.4 Å². The minimum absolute atomic E-state index is 0.0392. The Kier molecular flexibility index (Phi) is 3.02. The van der Waals surface area contributed by atoms with Crippen LogP contribution in [0.3, 0.4) is 0 Å². The van der Waals surface area contributed by atoms with Crippen LogP contribution in [0.1, 0.15) is 64.1 Å². The molecule has 0 aliphatic heterocycles. The lowest BCUT2D eigenvalue weighted by Gasteiger charge is -2.24. The van der Waals surface area contributed by atoms with Gasteiger partial charge in [-0.25, -0.2) is 0 Å². The summed E-state index contributed by atoms with van der Waals surface area (Å²) in [7, 11) is 0. The molecule has 0 spiro atoms. The summed E-state index contributed by atoms with van der Waals surface area (Å²) in [4.78, 5) is 4.42. The van der Waals surface area contributed by atoms with Crippen molar-refractivity contribution in [3.63, 3.8) is 0 Å². The van der Waals surface area contributed by atoms with E-state index in [0.717, 1.165) is 31.5 Å². The van der Waals surface area contributed by atoms with Crippen molar-refractivity contribution < 1.29 is 9.63 Å². The molecule has 2 rings (SSSR count). The molecule has 1 fully saturated rings. The molecule has 0 saturated heterocycles. The zero-order valence-electron chi connectivity index (χ0n) is 10.2. The van der Waals surface area contributed by atoms with Gasteiger partial charge in [-0.3, -0.25) is 0 Å². The van der Waals surface area contributed by atoms with Crippen molar-refractivity contribution in [3.05, 3.63) is 11.7 Å². The Morgan fingerprint density at radius 2 is 1.94 bits per heavy atom. The van der Waals surface area contributed by atoms with E-state index in [2.05, 4.69) is 30.9 Å². The Morgan fingerprint density at radius 1 is 1.25 bits per heavy atom. The predicted octanol–water partition coefficient (Wildman–Crippen LogP) is 2.39. The topological polar surface area (TPSA) is 59.2 Å². The third kappa shape index (κ3) is 2.26. The molecule has 0 bridgehead atoms. The van der Waals surface area contributed by atoms with E-state index < -0.39 is 0 Å². The number of hydrogen-bond donors (Lipinski definition) is 1. The highest BCUT2D eigenvalue weighted by atomic mass is 16.5. The highest BCUT2D eigenvalue weighted by molar-refractivity contribution is 5.04. The van der Waals surface area contributed by atoms with Gasteiger partial charge in [-0.2, -0.15) is 4.98 Å². The summed E-state index contributed by atoms with van der Waals surface area (Å²) in [5, 5.41) is 13.9. The minimum Gasteiger partial charge on any atom is -0.392 e. The van der Waals surface area contributed by atoms with Gasteiger partial charge in [0.2, 0.25) is 5.89 Å². The number of aliphatic hydroxyl groups is 1. The Bertz CT molecular complexity index is 354. The summed E-state index contributed by atoms with van der Waals surface area (Å²) in [5.74, 6) is 1.37. The lowest BCUT2D eigenvalue weighted by atomic mass is 9.86. The molecule has 1 heterocycles. The van der Waals surface area contributed by atoms with E-state index in [1.807, 2.05) is 0 Å². The van der Waals surface area contributed by atoms with Gasteiger partial charge < -0.3 is 9.63 Å². The van der Waals surface area contributed by atoms with Crippen LogP contribution in [0.25, 0.3) is 0 Å². The SMILES string of the molecule is CC(C)(C)c1noc(C2CCCCC2O)n1. The molecule has 1 aliphatic rings. The molecule has 90 valence electrons. The zero-order chi connectivity index (χ0) is 11.8. The first-order chi connectivity index (χ1) is 7.48. The van der Waals surface area contributed by atoms with Crippen LogP contribution in [0.5, 0.6) is 0 Å². The molecule has 0 radical (unpaired) electrons. The monoisotopic (exact) mass is 224 g/mol. The van der Waals surface area contributed by atoms with Crippen molar-refractivity contribution in [3.8, 4) is 0 Å². The van der Waals surface area contributed by atoms with E-state index in [1.54, 1.807) is 0 Å². The molecule has 2 atom stereocenters. The van der Waals surface area contributed by atoms with Crippen molar-refractivity contribution >= 4 is 0 Å². The molecule has 1 aliphatic carbocycles. The molecule has 0 aromatic carbocycles. The predicted molar refractivity (Wildman–Crippen MR) is 60.2 cm³/mol. The van der Waals surface area contributed by atoms with E-state index >= 15 is 0 Å². The first-order valence-corrected chi connectivity index (χ1v) is 6.00. The average Bonchev–Trinajstić information content (AvgIpc) is 2.66. The van der Waals surface area contributed by atoms with Gasteiger partial charge in [-0.15, -0.1) is 0 Å². The molecule has 1 saturated carbocycles. The molecular formula is C12H20N2O2. The standard InChI is InChI=1S/C12H20N2O2/c1-12(2,3)11-13-10(16-14-11)8-6-4-5-7-9(8)15/h8-9,15H,4-7H2,1-3H3. The molecule has 4 nitrogen and oxygen atoms in total. The molecule has 1 aromatic rings. The third-order valence-electron chi connectivity index (χ3n) is 3.16. The molecule has 4 heteroatoms. The smallest absolute Gasteiger partial charge is 0.232 e. The van der Waals surface area contributed by atoms with Gasteiger partial charge >= 0.3 is 0 Å². The van der Waals surface area contributed by atoms with Crippen molar-refractivity contribution in [2.75, 3.05) is 0 Å². The second-order valence-corrected chi connectivity index (χ2v) is 5.66. The van der Waals surface area contributed by atoms with Crippen LogP contribution in [0, 0.1) is 0 Å². The van der Waals surface area contributed by atoms with Gasteiger partial charge in [0.15, 0.2) is 5.82 Å². The fourth-order valence-electron chi connectivity index (χ4n) is 2.09. The maximum Gasteiger partial charge on any atom is 0.232 e. The number of aliphatic hydroxyl groups excluding tert-OH is 1. The normalized spacial score (nSPS) is 27.0. The molecular weight excluding hydrogens is 204 g/mol. The van der Waals surface area contributed by atoms with Gasteiger partial charge in [-0.05, 0) is 12.8 Å². The Balaban J connectivity index is 2.18. The number of aromatic nitrogens is 2. The van der Waals surface area contributed by atoms with Crippen LogP contribution in [0.15, 0.2) is 4.52 Å². The zero-order valence-corrected chi connectivity index (χ0v) is 10.2. The van der Waals surface area contributed by atoms with Crippen LogP contribution >= 0.6 is 0 Å². The Hall–Kier alpha value is -0.900. The largest absolute Gasteiger partial charge is 0.392 e. The van der Waals surface area contributed by atoms with Gasteiger partial charge in [0, 0.05) is 5.41 Å². The summed E-state index contributed by atoms with van der Waals surface area (Å²) in [6.45, 7) is 6.16. The number of hydrogen-bond acceptors (Lipinski definition) is 4. The van der Waals surface area contributed by atoms with E-state index in [1.165, 1.54) is 0 Å². The summed E-state index contributed by atoms with van der Waals surface area (Å²) < 4.78 is 5.28. The van der Waals surface area contributed by atoms with Gasteiger partial charge in [0.25, 0.3) is 0 Å². The summed E-state index contributed by atoms with van der Waals surface area (Å²) in [5.41, 5.74) is -0.0959. The molecule has 0 amide bonds. The molecule has 1 aromatic heterocycles. The number of rotatable bonds is 1. The van der Waals surface area contributed by atoms with Gasteiger partial charge in [0.05, 0.1) is 12.0 Å². The number of nitrogens with zero attached hydrogens (tertiary/aromatic N) is 2. The second-order valence-electron chi connectivity index (χ2n) is 5.66. The van der Waals surface area contributed by atoms with E-state index in [9.17, 15) is 5.11 Å². The molecule has 16 heavy (non-hydrogen) atoms. The lowest BCUT2D eigenvalue weighted by Crippen LogP contribution is -2.23. The van der Waals surface area contributed by atoms with Gasteiger partial charge in [0.1, 0.15) is 0 Å². The highest BCUT2D eigenvalue weighted by Gasteiger charge is 2.31. The Labute approximate surface area is 96.1 Å². The van der Waals surface area contributed by atoms with E-state index in [4.69, 9.17) is 4.52 Å². The molecule has 1 N–H and O–H groups in total. The fraction of sp³-hybridized carbons (Fsp3) is 0.833. The van der Waals surface area contributed by atoms with Crippen LogP contribution in [0.4, 0.5) is 0 Å². The maximum absolute atomic E-state index is 9.91. The van der Waals surface area contributed by atoms with Crippen molar-refractivity contribution in [1.29, 1.82) is 0 Å². The van der Waals surface area contributed by atoms with Crippen molar-refractivity contribution in [1.82, 2.24) is 10.1 Å². The van der Waals surface area contributed by atoms with Crippen molar-refractivity contribution in [2.24, 2.45) is 0 Å². The highest BCUT2D eigenvalue weighted by Crippen LogP contribution is 2.33.